The first-order valence-corrected chi connectivity index (χ1v) is 10.5. The van der Waals surface area contributed by atoms with Gasteiger partial charge in [-0.05, 0) is 31.5 Å². The van der Waals surface area contributed by atoms with Crippen LogP contribution in [0.2, 0.25) is 10.0 Å². The fraction of sp³-hybridized carbons (Fsp3) is 0.375. The van der Waals surface area contributed by atoms with Gasteiger partial charge in [0, 0.05) is 11.1 Å². The molecule has 1 aromatic heterocycles. The quantitative estimate of drug-likeness (QED) is 0.807. The molecule has 0 aliphatic carbocycles. The number of aryl methyl sites for hydroxylation is 1. The van der Waals surface area contributed by atoms with Gasteiger partial charge in [0.1, 0.15) is 11.6 Å². The highest BCUT2D eigenvalue weighted by Crippen LogP contribution is 2.28. The van der Waals surface area contributed by atoms with E-state index in [1.807, 2.05) is 0 Å². The fourth-order valence-corrected chi connectivity index (χ4v) is 4.93. The van der Waals surface area contributed by atoms with Crippen molar-refractivity contribution in [3.05, 3.63) is 40.0 Å². The van der Waals surface area contributed by atoms with Gasteiger partial charge in [0.25, 0.3) is 5.91 Å². The van der Waals surface area contributed by atoms with Gasteiger partial charge in [-0.1, -0.05) is 23.2 Å². The number of rotatable bonds is 5. The number of carbonyl (C=O) groups is 1. The molecule has 0 radical (unpaired) electrons. The van der Waals surface area contributed by atoms with Crippen molar-refractivity contribution in [1.29, 1.82) is 0 Å². The van der Waals surface area contributed by atoms with E-state index in [4.69, 9.17) is 27.9 Å². The lowest BCUT2D eigenvalue weighted by Gasteiger charge is -2.14. The van der Waals surface area contributed by atoms with E-state index in [0.717, 1.165) is 0 Å². The summed E-state index contributed by atoms with van der Waals surface area (Å²) in [5, 5.41) is 7.80. The monoisotopic (exact) mass is 417 g/mol. The number of carbonyl (C=O) groups excluding carboxylic acids is 1. The van der Waals surface area contributed by atoms with Gasteiger partial charge >= 0.3 is 0 Å². The van der Waals surface area contributed by atoms with Gasteiger partial charge in [0.05, 0.1) is 28.3 Å². The van der Waals surface area contributed by atoms with Crippen molar-refractivity contribution in [3.8, 4) is 5.75 Å². The summed E-state index contributed by atoms with van der Waals surface area (Å²) in [6, 6.07) is 6.12. The molecular weight excluding hydrogens is 401 g/mol. The summed E-state index contributed by atoms with van der Waals surface area (Å²) in [4.78, 5) is 12.2. The summed E-state index contributed by atoms with van der Waals surface area (Å²) in [6.07, 6.45) is 0.475. The molecule has 1 unspecified atom stereocenters. The molecule has 1 saturated heterocycles. The van der Waals surface area contributed by atoms with Gasteiger partial charge in [0.15, 0.2) is 16.4 Å². The Balaban J connectivity index is 1.66. The number of anilines is 1. The maximum atomic E-state index is 12.2. The second-order valence-electron chi connectivity index (χ2n) is 6.08. The second kappa shape index (κ2) is 7.46. The molecule has 0 spiro atoms. The zero-order valence-corrected chi connectivity index (χ0v) is 16.2. The van der Waals surface area contributed by atoms with E-state index >= 15 is 0 Å². The Labute approximate surface area is 161 Å². The molecule has 1 aliphatic heterocycles. The first kappa shape index (κ1) is 19.0. The molecule has 1 N–H and O–H groups in total. The maximum Gasteiger partial charge on any atom is 0.263 e. The third kappa shape index (κ3) is 4.49. The molecule has 1 fully saturated rings. The number of ether oxygens (including phenoxy) is 1. The van der Waals surface area contributed by atoms with Crippen molar-refractivity contribution < 1.29 is 17.9 Å². The van der Waals surface area contributed by atoms with E-state index in [2.05, 4.69) is 10.4 Å². The zero-order valence-electron chi connectivity index (χ0n) is 13.9. The van der Waals surface area contributed by atoms with Gasteiger partial charge in [-0.25, -0.2) is 13.1 Å². The summed E-state index contributed by atoms with van der Waals surface area (Å²) in [5.41, 5.74) is 0.686. The van der Waals surface area contributed by atoms with Crippen molar-refractivity contribution in [2.24, 2.45) is 0 Å². The molecule has 3 rings (SSSR count). The van der Waals surface area contributed by atoms with Crippen LogP contribution in [0.1, 0.15) is 18.2 Å². The Hall–Kier alpha value is -1.77. The van der Waals surface area contributed by atoms with E-state index < -0.39 is 15.7 Å². The fourth-order valence-electron chi connectivity index (χ4n) is 2.77. The summed E-state index contributed by atoms with van der Waals surface area (Å²) in [7, 11) is -3.06. The molecule has 10 heteroatoms. The largest absolute Gasteiger partial charge is 0.482 e. The van der Waals surface area contributed by atoms with Gasteiger partial charge in [0.2, 0.25) is 0 Å². The molecule has 0 bridgehead atoms. The maximum absolute atomic E-state index is 12.2. The van der Waals surface area contributed by atoms with Crippen LogP contribution in [0.15, 0.2) is 24.3 Å². The van der Waals surface area contributed by atoms with Gasteiger partial charge in [-0.3, -0.25) is 4.79 Å². The number of halogens is 2. The number of hydrogen-bond acceptors (Lipinski definition) is 5. The van der Waals surface area contributed by atoms with Crippen LogP contribution in [0.5, 0.6) is 5.75 Å². The molecule has 1 aliphatic rings. The number of hydrogen-bond donors (Lipinski definition) is 1. The van der Waals surface area contributed by atoms with Crippen molar-refractivity contribution in [1.82, 2.24) is 9.78 Å². The molecule has 1 atom stereocenters. The molecule has 1 aromatic carbocycles. The lowest BCUT2D eigenvalue weighted by molar-refractivity contribution is -0.118. The smallest absolute Gasteiger partial charge is 0.263 e. The third-order valence-corrected chi connectivity index (χ3v) is 6.21. The number of nitrogens with zero attached hydrogens (tertiary/aromatic N) is 2. The Morgan fingerprint density at radius 3 is 2.81 bits per heavy atom. The van der Waals surface area contributed by atoms with Gasteiger partial charge in [-0.2, -0.15) is 5.10 Å². The Bertz CT molecular complexity index is 943. The SMILES string of the molecule is Cc1cc(NC(=O)COc2ccc(Cl)cc2Cl)n(C2CCS(=O)(=O)C2)n1. The Morgan fingerprint density at radius 2 is 2.15 bits per heavy atom. The highest BCUT2D eigenvalue weighted by molar-refractivity contribution is 7.91. The minimum Gasteiger partial charge on any atom is -0.482 e. The molecule has 7 nitrogen and oxygen atoms in total. The highest BCUT2D eigenvalue weighted by Gasteiger charge is 2.31. The molecule has 26 heavy (non-hydrogen) atoms. The van der Waals surface area contributed by atoms with Gasteiger partial charge in [-0.15, -0.1) is 0 Å². The van der Waals surface area contributed by atoms with Crippen molar-refractivity contribution >= 4 is 44.8 Å². The number of sulfone groups is 1. The third-order valence-electron chi connectivity index (χ3n) is 3.93. The lowest BCUT2D eigenvalue weighted by Crippen LogP contribution is -2.23. The average molecular weight is 418 g/mol. The zero-order chi connectivity index (χ0) is 18.9. The summed E-state index contributed by atoms with van der Waals surface area (Å²) in [5.74, 6) is 0.534. The first-order chi connectivity index (χ1) is 12.2. The number of benzene rings is 1. The van der Waals surface area contributed by atoms with E-state index in [0.29, 0.717) is 33.7 Å². The van der Waals surface area contributed by atoms with Crippen LogP contribution < -0.4 is 10.1 Å². The molecule has 2 aromatic rings. The van der Waals surface area contributed by atoms with Crippen molar-refractivity contribution in [3.63, 3.8) is 0 Å². The number of nitrogens with one attached hydrogen (secondary N) is 1. The summed E-state index contributed by atoms with van der Waals surface area (Å²) < 4.78 is 30.4. The Kier molecular flexibility index (Phi) is 5.45. The predicted octanol–water partition coefficient (Wildman–Crippen LogP) is 2.88. The highest BCUT2D eigenvalue weighted by atomic mass is 35.5. The van der Waals surface area contributed by atoms with E-state index in [1.54, 1.807) is 29.8 Å². The second-order valence-corrected chi connectivity index (χ2v) is 9.16. The lowest BCUT2D eigenvalue weighted by atomic mass is 10.3. The standard InChI is InChI=1S/C16H17Cl2N3O4S/c1-10-6-15(21(20-10)12-4-5-26(23,24)9-12)19-16(22)8-25-14-3-2-11(17)7-13(14)18/h2-3,6-7,12H,4-5,8-9H2,1H3,(H,19,22). The normalized spacial score (nSPS) is 18.7. The van der Waals surface area contributed by atoms with Crippen LogP contribution in [0.3, 0.4) is 0 Å². The number of amides is 1. The van der Waals surface area contributed by atoms with Crippen LogP contribution in [0, 0.1) is 6.92 Å². The van der Waals surface area contributed by atoms with Crippen LogP contribution in [-0.2, 0) is 14.6 Å². The van der Waals surface area contributed by atoms with Crippen LogP contribution in [0.4, 0.5) is 5.82 Å². The first-order valence-electron chi connectivity index (χ1n) is 7.88. The van der Waals surface area contributed by atoms with E-state index in [1.165, 1.54) is 6.07 Å². The average Bonchev–Trinajstić information content (AvgIpc) is 3.08. The minimum absolute atomic E-state index is 0.0217. The van der Waals surface area contributed by atoms with E-state index in [-0.39, 0.29) is 24.2 Å². The van der Waals surface area contributed by atoms with Gasteiger partial charge < -0.3 is 10.1 Å². The van der Waals surface area contributed by atoms with Crippen molar-refractivity contribution in [2.45, 2.75) is 19.4 Å². The molecule has 140 valence electrons. The molecular formula is C16H17Cl2N3O4S. The predicted molar refractivity (Wildman–Crippen MR) is 99.9 cm³/mol. The summed E-state index contributed by atoms with van der Waals surface area (Å²) >= 11 is 11.8. The van der Waals surface area contributed by atoms with E-state index in [9.17, 15) is 13.2 Å². The Morgan fingerprint density at radius 1 is 1.38 bits per heavy atom. The van der Waals surface area contributed by atoms with Crippen LogP contribution in [0.25, 0.3) is 0 Å². The minimum atomic E-state index is -3.06. The molecule has 1 amide bonds. The number of aromatic nitrogens is 2. The topological polar surface area (TPSA) is 90.3 Å². The summed E-state index contributed by atoms with van der Waals surface area (Å²) in [6.45, 7) is 1.52. The van der Waals surface area contributed by atoms with Crippen LogP contribution in [-0.4, -0.2) is 42.2 Å². The van der Waals surface area contributed by atoms with Crippen LogP contribution >= 0.6 is 23.2 Å². The molecule has 2 heterocycles. The van der Waals surface area contributed by atoms with Crippen molar-refractivity contribution in [2.75, 3.05) is 23.4 Å². The molecule has 0 saturated carbocycles.